The van der Waals surface area contributed by atoms with E-state index >= 15 is 0 Å². The van der Waals surface area contributed by atoms with Gasteiger partial charge in [-0.2, -0.15) is 0 Å². The van der Waals surface area contributed by atoms with Gasteiger partial charge in [0.2, 0.25) is 0 Å². The van der Waals surface area contributed by atoms with Crippen molar-refractivity contribution in [2.75, 3.05) is 12.4 Å². The van der Waals surface area contributed by atoms with Crippen LogP contribution in [-0.2, 0) is 0 Å². The minimum atomic E-state index is -0.586. The zero-order chi connectivity index (χ0) is 17.1. The molecule has 120 valence electrons. The number of non-ortho nitro benzene ring substituents is 1. The molecule has 1 amide bonds. The summed E-state index contributed by atoms with van der Waals surface area (Å²) in [7, 11) is 1.37. The Morgan fingerprint density at radius 2 is 1.87 bits per heavy atom. The first-order chi connectivity index (χ1) is 10.8. The number of nitro groups is 1. The fourth-order valence-corrected chi connectivity index (χ4v) is 2.64. The topological polar surface area (TPSA) is 81.5 Å². The predicted molar refractivity (Wildman–Crippen MR) is 89.1 cm³/mol. The van der Waals surface area contributed by atoms with E-state index in [0.717, 1.165) is 6.07 Å². The number of hydrogen-bond donors (Lipinski definition) is 1. The number of nitro benzene ring substituents is 1. The van der Waals surface area contributed by atoms with Crippen molar-refractivity contribution in [3.8, 4) is 5.75 Å². The molecule has 23 heavy (non-hydrogen) atoms. The Kier molecular flexibility index (Phi) is 5.30. The van der Waals surface area contributed by atoms with Gasteiger partial charge in [0.05, 0.1) is 33.3 Å². The molecule has 1 N–H and O–H groups in total. The molecule has 0 saturated heterocycles. The number of anilines is 1. The van der Waals surface area contributed by atoms with Crippen LogP contribution < -0.4 is 10.1 Å². The second-order valence-electron chi connectivity index (χ2n) is 4.34. The summed E-state index contributed by atoms with van der Waals surface area (Å²) >= 11 is 17.8. The van der Waals surface area contributed by atoms with Crippen LogP contribution in [0.3, 0.4) is 0 Å². The predicted octanol–water partition coefficient (Wildman–Crippen LogP) is 4.82. The van der Waals surface area contributed by atoms with Crippen LogP contribution in [0.1, 0.15) is 10.4 Å². The number of methoxy groups -OCH3 is 1. The number of ether oxygens (including phenoxy) is 1. The van der Waals surface area contributed by atoms with Crippen molar-refractivity contribution in [2.45, 2.75) is 0 Å². The van der Waals surface area contributed by atoms with Crippen molar-refractivity contribution in [2.24, 2.45) is 0 Å². The quantitative estimate of drug-likeness (QED) is 0.614. The second kappa shape index (κ2) is 7.04. The lowest BCUT2D eigenvalue weighted by molar-refractivity contribution is -0.384. The van der Waals surface area contributed by atoms with Gasteiger partial charge < -0.3 is 10.1 Å². The molecule has 2 aromatic rings. The van der Waals surface area contributed by atoms with E-state index in [4.69, 9.17) is 39.5 Å². The highest BCUT2D eigenvalue weighted by atomic mass is 35.5. The third-order valence-corrected chi connectivity index (χ3v) is 3.68. The molecule has 0 saturated carbocycles. The summed E-state index contributed by atoms with van der Waals surface area (Å²) in [4.78, 5) is 22.5. The normalized spacial score (nSPS) is 10.3. The molecule has 9 heteroatoms. The molecule has 0 radical (unpaired) electrons. The molecule has 0 spiro atoms. The average Bonchev–Trinajstić information content (AvgIpc) is 2.48. The summed E-state index contributed by atoms with van der Waals surface area (Å²) in [5.41, 5.74) is 0.135. The fraction of sp³-hybridized carbons (Fsp3) is 0.0714. The zero-order valence-electron chi connectivity index (χ0n) is 11.6. The Hall–Kier alpha value is -2.02. The molecule has 0 aliphatic heterocycles. The Morgan fingerprint density at radius 1 is 1.17 bits per heavy atom. The number of amides is 1. The second-order valence-corrected chi connectivity index (χ2v) is 5.59. The molecule has 6 nitrogen and oxygen atoms in total. The van der Waals surface area contributed by atoms with Gasteiger partial charge in [-0.05, 0) is 18.2 Å². The van der Waals surface area contributed by atoms with Crippen LogP contribution in [0.4, 0.5) is 11.4 Å². The van der Waals surface area contributed by atoms with Gasteiger partial charge in [-0.3, -0.25) is 14.9 Å². The summed E-state index contributed by atoms with van der Waals surface area (Å²) in [5, 5.41) is 13.7. The molecule has 0 aliphatic rings. The highest BCUT2D eigenvalue weighted by molar-refractivity contribution is 6.37. The van der Waals surface area contributed by atoms with Crippen molar-refractivity contribution >= 4 is 52.1 Å². The van der Waals surface area contributed by atoms with Gasteiger partial charge in [0.1, 0.15) is 5.75 Å². The van der Waals surface area contributed by atoms with E-state index in [2.05, 4.69) is 5.32 Å². The molecule has 0 heterocycles. The molecule has 0 atom stereocenters. The minimum Gasteiger partial charge on any atom is -0.494 e. The van der Waals surface area contributed by atoms with Crippen molar-refractivity contribution in [1.82, 2.24) is 0 Å². The smallest absolute Gasteiger partial charge is 0.271 e. The number of carbonyl (C=O) groups excluding carboxylic acids is 1. The van der Waals surface area contributed by atoms with Gasteiger partial charge in [-0.25, -0.2) is 0 Å². The van der Waals surface area contributed by atoms with Crippen LogP contribution >= 0.6 is 34.8 Å². The SMILES string of the molecule is COc1c(Cl)cc(Cl)cc1C(=O)Nc1ccc([N+](=O)[O-])cc1Cl. The highest BCUT2D eigenvalue weighted by Gasteiger charge is 2.18. The monoisotopic (exact) mass is 374 g/mol. The maximum absolute atomic E-state index is 12.4. The van der Waals surface area contributed by atoms with E-state index in [-0.39, 0.29) is 37.8 Å². The maximum Gasteiger partial charge on any atom is 0.271 e. The number of nitrogens with one attached hydrogen (secondary N) is 1. The largest absolute Gasteiger partial charge is 0.494 e. The summed E-state index contributed by atoms with van der Waals surface area (Å²) in [6, 6.07) is 6.53. The van der Waals surface area contributed by atoms with E-state index < -0.39 is 10.8 Å². The molecule has 2 aromatic carbocycles. The molecular weight excluding hydrogens is 367 g/mol. The van der Waals surface area contributed by atoms with E-state index in [1.165, 1.54) is 31.4 Å². The Bertz CT molecular complexity index is 796. The fourth-order valence-electron chi connectivity index (χ4n) is 1.85. The summed E-state index contributed by atoms with van der Waals surface area (Å²) in [5.74, 6) is -0.409. The first-order valence-electron chi connectivity index (χ1n) is 6.11. The molecular formula is C14H9Cl3N2O4. The first kappa shape index (κ1) is 17.3. The van der Waals surface area contributed by atoms with Crippen LogP contribution in [0.15, 0.2) is 30.3 Å². The molecule has 0 aliphatic carbocycles. The van der Waals surface area contributed by atoms with E-state index in [0.29, 0.717) is 0 Å². The third kappa shape index (κ3) is 3.85. The standard InChI is InChI=1S/C14H9Cl3N2O4/c1-23-13-9(4-7(15)5-11(13)17)14(20)18-12-3-2-8(19(21)22)6-10(12)16/h2-6H,1H3,(H,18,20). The highest BCUT2D eigenvalue weighted by Crippen LogP contribution is 2.33. The van der Waals surface area contributed by atoms with E-state index in [9.17, 15) is 14.9 Å². The average molecular weight is 376 g/mol. The number of rotatable bonds is 4. The van der Waals surface area contributed by atoms with Gasteiger partial charge in [0, 0.05) is 17.2 Å². The van der Waals surface area contributed by atoms with Crippen LogP contribution in [0.25, 0.3) is 0 Å². The maximum atomic E-state index is 12.4. The molecule has 0 bridgehead atoms. The minimum absolute atomic E-state index is 0.0274. The summed E-state index contributed by atoms with van der Waals surface area (Å²) in [6.45, 7) is 0. The van der Waals surface area contributed by atoms with Crippen LogP contribution in [0, 0.1) is 10.1 Å². The lowest BCUT2D eigenvalue weighted by Crippen LogP contribution is -2.14. The Balaban J connectivity index is 2.35. The number of carbonyl (C=O) groups is 1. The van der Waals surface area contributed by atoms with Gasteiger partial charge in [0.15, 0.2) is 0 Å². The number of halogens is 3. The van der Waals surface area contributed by atoms with Gasteiger partial charge in [-0.15, -0.1) is 0 Å². The van der Waals surface area contributed by atoms with Crippen molar-refractivity contribution < 1.29 is 14.5 Å². The summed E-state index contributed by atoms with van der Waals surface area (Å²) < 4.78 is 5.10. The van der Waals surface area contributed by atoms with Gasteiger partial charge in [-0.1, -0.05) is 34.8 Å². The van der Waals surface area contributed by atoms with E-state index in [1.54, 1.807) is 0 Å². The number of nitrogens with zero attached hydrogens (tertiary/aromatic N) is 1. The molecule has 0 aromatic heterocycles. The Labute approximate surface area is 146 Å². The third-order valence-electron chi connectivity index (χ3n) is 2.87. The van der Waals surface area contributed by atoms with Crippen molar-refractivity contribution in [1.29, 1.82) is 0 Å². The van der Waals surface area contributed by atoms with Crippen molar-refractivity contribution in [3.63, 3.8) is 0 Å². The summed E-state index contributed by atoms with van der Waals surface area (Å²) in [6.07, 6.45) is 0. The number of benzene rings is 2. The lowest BCUT2D eigenvalue weighted by atomic mass is 10.1. The van der Waals surface area contributed by atoms with Crippen LogP contribution in [0.2, 0.25) is 15.1 Å². The number of hydrogen-bond acceptors (Lipinski definition) is 4. The van der Waals surface area contributed by atoms with E-state index in [1.807, 2.05) is 0 Å². The first-order valence-corrected chi connectivity index (χ1v) is 7.25. The lowest BCUT2D eigenvalue weighted by Gasteiger charge is -2.12. The van der Waals surface area contributed by atoms with Crippen LogP contribution in [0.5, 0.6) is 5.75 Å². The zero-order valence-corrected chi connectivity index (χ0v) is 13.9. The molecule has 0 unspecified atom stereocenters. The van der Waals surface area contributed by atoms with Gasteiger partial charge in [0.25, 0.3) is 11.6 Å². The Morgan fingerprint density at radius 3 is 2.43 bits per heavy atom. The van der Waals surface area contributed by atoms with Crippen LogP contribution in [-0.4, -0.2) is 17.9 Å². The van der Waals surface area contributed by atoms with Gasteiger partial charge >= 0.3 is 0 Å². The van der Waals surface area contributed by atoms with Crippen molar-refractivity contribution in [3.05, 3.63) is 61.1 Å². The molecule has 0 fully saturated rings. The molecule has 2 rings (SSSR count).